The van der Waals surface area contributed by atoms with Gasteiger partial charge < -0.3 is 21.1 Å². The number of amides is 1. The number of anilines is 1. The van der Waals surface area contributed by atoms with Crippen LogP contribution in [0.1, 0.15) is 24.2 Å². The Hall–Kier alpha value is -1.75. The molecule has 0 aromatic heterocycles. The van der Waals surface area contributed by atoms with Crippen LogP contribution >= 0.6 is 0 Å². The Balaban J connectivity index is 2.68. The quantitative estimate of drug-likeness (QED) is 0.554. The molecule has 0 radical (unpaired) electrons. The molecule has 1 aromatic carbocycles. The lowest BCUT2D eigenvalue weighted by Crippen LogP contribution is -2.40. The molecule has 1 amide bonds. The molecule has 5 nitrogen and oxygen atoms in total. The first-order valence-electron chi connectivity index (χ1n) is 6.23. The third-order valence-corrected chi connectivity index (χ3v) is 2.78. The Bertz CT molecular complexity index is 456. The first-order valence-corrected chi connectivity index (χ1v) is 6.23. The molecule has 0 bridgehead atoms. The second-order valence-corrected chi connectivity index (χ2v) is 5.83. The number of nitrogen functional groups attached to an aromatic ring is 1. The van der Waals surface area contributed by atoms with E-state index < -0.39 is 0 Å². The van der Waals surface area contributed by atoms with E-state index >= 15 is 0 Å². The number of rotatable bonds is 5. The summed E-state index contributed by atoms with van der Waals surface area (Å²) in [7, 11) is 3.99. The minimum atomic E-state index is -0.309. The fraction of sp³-hybridized carbons (Fsp3) is 0.500. The minimum absolute atomic E-state index is 0.0465. The molecule has 0 unspecified atom stereocenters. The molecule has 0 atom stereocenters. The zero-order valence-corrected chi connectivity index (χ0v) is 12.0. The van der Waals surface area contributed by atoms with Crippen molar-refractivity contribution >= 4 is 11.6 Å². The smallest absolute Gasteiger partial charge is 0.255 e. The molecule has 1 rings (SSSR count). The van der Waals surface area contributed by atoms with Gasteiger partial charge in [-0.2, -0.15) is 0 Å². The van der Waals surface area contributed by atoms with Crippen LogP contribution in [0, 0.1) is 5.41 Å². The van der Waals surface area contributed by atoms with Gasteiger partial charge in [-0.1, -0.05) is 19.9 Å². The number of hydrogen-bond donors (Lipinski definition) is 3. The number of carbonyl (C=O) groups excluding carboxylic acids is 1. The average Bonchev–Trinajstić information content (AvgIpc) is 2.28. The molecule has 0 aliphatic carbocycles. The molecule has 0 fully saturated rings. The summed E-state index contributed by atoms with van der Waals surface area (Å²) >= 11 is 0. The number of phenolic OH excluding ortho intramolecular Hbond substituents is 1. The summed E-state index contributed by atoms with van der Waals surface area (Å²) in [6, 6.07) is 4.76. The molecule has 0 saturated carbocycles. The largest absolute Gasteiger partial charge is 0.505 e. The van der Waals surface area contributed by atoms with Crippen molar-refractivity contribution in [2.45, 2.75) is 13.8 Å². The second-order valence-electron chi connectivity index (χ2n) is 5.83. The highest BCUT2D eigenvalue weighted by Gasteiger charge is 2.21. The number of benzene rings is 1. The zero-order chi connectivity index (χ0) is 14.6. The molecular weight excluding hydrogens is 242 g/mol. The molecule has 19 heavy (non-hydrogen) atoms. The van der Waals surface area contributed by atoms with Crippen LogP contribution in [0.5, 0.6) is 5.75 Å². The number of nitrogens with one attached hydrogen (secondary N) is 1. The summed E-state index contributed by atoms with van der Waals surface area (Å²) in [4.78, 5) is 14.1. The van der Waals surface area contributed by atoms with E-state index in [-0.39, 0.29) is 28.3 Å². The minimum Gasteiger partial charge on any atom is -0.505 e. The predicted octanol–water partition coefficient (Wildman–Crippen LogP) is 1.29. The van der Waals surface area contributed by atoms with E-state index in [9.17, 15) is 9.90 Å². The van der Waals surface area contributed by atoms with Gasteiger partial charge in [0.2, 0.25) is 0 Å². The van der Waals surface area contributed by atoms with Crippen molar-refractivity contribution in [3.8, 4) is 5.75 Å². The van der Waals surface area contributed by atoms with Crippen molar-refractivity contribution in [3.05, 3.63) is 23.8 Å². The van der Waals surface area contributed by atoms with Gasteiger partial charge >= 0.3 is 0 Å². The monoisotopic (exact) mass is 265 g/mol. The summed E-state index contributed by atoms with van der Waals surface area (Å²) < 4.78 is 0. The molecule has 0 heterocycles. The van der Waals surface area contributed by atoms with Gasteiger partial charge in [0.1, 0.15) is 0 Å². The van der Waals surface area contributed by atoms with Crippen LogP contribution in [0.2, 0.25) is 0 Å². The van der Waals surface area contributed by atoms with Gasteiger partial charge in [0.15, 0.2) is 5.75 Å². The Morgan fingerprint density at radius 1 is 1.42 bits per heavy atom. The molecule has 106 valence electrons. The first-order chi connectivity index (χ1) is 8.73. The predicted molar refractivity (Wildman–Crippen MR) is 77.2 cm³/mol. The van der Waals surface area contributed by atoms with Crippen LogP contribution in [-0.4, -0.2) is 43.1 Å². The van der Waals surface area contributed by atoms with Gasteiger partial charge in [0, 0.05) is 13.1 Å². The van der Waals surface area contributed by atoms with Gasteiger partial charge in [-0.3, -0.25) is 4.79 Å². The number of hydrogen-bond acceptors (Lipinski definition) is 4. The van der Waals surface area contributed by atoms with Gasteiger partial charge in [-0.15, -0.1) is 0 Å². The van der Waals surface area contributed by atoms with E-state index in [1.54, 1.807) is 18.2 Å². The Kier molecular flexibility index (Phi) is 4.78. The standard InChI is InChI=1S/C14H23N3O2/c1-14(2,9-17(3)4)8-16-13(19)10-6-5-7-11(15)12(10)18/h5-7,18H,8-9,15H2,1-4H3,(H,16,19). The van der Waals surface area contributed by atoms with Crippen LogP contribution in [0.25, 0.3) is 0 Å². The molecule has 0 saturated heterocycles. The summed E-state index contributed by atoms with van der Waals surface area (Å²) in [5.74, 6) is -0.470. The van der Waals surface area contributed by atoms with Gasteiger partial charge in [-0.05, 0) is 31.6 Å². The molecule has 0 spiro atoms. The van der Waals surface area contributed by atoms with Crippen molar-refractivity contribution in [1.29, 1.82) is 0 Å². The van der Waals surface area contributed by atoms with Crippen molar-refractivity contribution in [1.82, 2.24) is 10.2 Å². The Labute approximate surface area is 114 Å². The fourth-order valence-corrected chi connectivity index (χ4v) is 2.07. The van der Waals surface area contributed by atoms with Gasteiger partial charge in [0.25, 0.3) is 5.91 Å². The summed E-state index contributed by atoms with van der Waals surface area (Å²) in [5, 5.41) is 12.6. The number of nitrogens with zero attached hydrogens (tertiary/aromatic N) is 1. The van der Waals surface area contributed by atoms with Crippen LogP contribution < -0.4 is 11.1 Å². The number of para-hydroxylation sites is 1. The third-order valence-electron chi connectivity index (χ3n) is 2.78. The van der Waals surface area contributed by atoms with Crippen LogP contribution in [0.3, 0.4) is 0 Å². The van der Waals surface area contributed by atoms with Crippen molar-refractivity contribution < 1.29 is 9.90 Å². The first kappa shape index (κ1) is 15.3. The third kappa shape index (κ3) is 4.44. The number of carbonyl (C=O) groups is 1. The topological polar surface area (TPSA) is 78.6 Å². The molecular formula is C14H23N3O2. The summed E-state index contributed by atoms with van der Waals surface area (Å²) in [6.45, 7) is 5.54. The Morgan fingerprint density at radius 2 is 2.05 bits per heavy atom. The lowest BCUT2D eigenvalue weighted by Gasteiger charge is -2.28. The van der Waals surface area contributed by atoms with E-state index in [4.69, 9.17) is 5.73 Å². The number of aromatic hydroxyl groups is 1. The highest BCUT2D eigenvalue weighted by molar-refractivity contribution is 5.98. The summed E-state index contributed by atoms with van der Waals surface area (Å²) in [5.41, 5.74) is 5.94. The van der Waals surface area contributed by atoms with E-state index in [2.05, 4.69) is 24.1 Å². The second kappa shape index (κ2) is 5.93. The van der Waals surface area contributed by atoms with E-state index in [1.807, 2.05) is 14.1 Å². The van der Waals surface area contributed by atoms with Gasteiger partial charge in [0.05, 0.1) is 11.3 Å². The molecule has 5 heteroatoms. The van der Waals surface area contributed by atoms with Crippen molar-refractivity contribution in [2.75, 3.05) is 32.9 Å². The van der Waals surface area contributed by atoms with E-state index in [0.717, 1.165) is 6.54 Å². The maximum Gasteiger partial charge on any atom is 0.255 e. The highest BCUT2D eigenvalue weighted by Crippen LogP contribution is 2.24. The van der Waals surface area contributed by atoms with Crippen LogP contribution in [0.4, 0.5) is 5.69 Å². The lowest BCUT2D eigenvalue weighted by molar-refractivity contribution is 0.0926. The van der Waals surface area contributed by atoms with E-state index in [1.165, 1.54) is 0 Å². The molecule has 0 aliphatic rings. The highest BCUT2D eigenvalue weighted by atomic mass is 16.3. The van der Waals surface area contributed by atoms with Crippen LogP contribution in [-0.2, 0) is 0 Å². The van der Waals surface area contributed by atoms with Gasteiger partial charge in [-0.25, -0.2) is 0 Å². The average molecular weight is 265 g/mol. The number of nitrogens with two attached hydrogens (primary N) is 1. The number of phenols is 1. The van der Waals surface area contributed by atoms with E-state index in [0.29, 0.717) is 6.54 Å². The molecule has 0 aliphatic heterocycles. The normalized spacial score (nSPS) is 11.6. The SMILES string of the molecule is CN(C)CC(C)(C)CNC(=O)c1cccc(N)c1O. The fourth-order valence-electron chi connectivity index (χ4n) is 2.07. The van der Waals surface area contributed by atoms with Crippen LogP contribution in [0.15, 0.2) is 18.2 Å². The maximum absolute atomic E-state index is 12.0. The summed E-state index contributed by atoms with van der Waals surface area (Å²) in [6.07, 6.45) is 0. The maximum atomic E-state index is 12.0. The Morgan fingerprint density at radius 3 is 2.63 bits per heavy atom. The lowest BCUT2D eigenvalue weighted by atomic mass is 9.93. The van der Waals surface area contributed by atoms with Crippen molar-refractivity contribution in [3.63, 3.8) is 0 Å². The molecule has 4 N–H and O–H groups in total. The molecule has 1 aromatic rings. The van der Waals surface area contributed by atoms with Crippen molar-refractivity contribution in [2.24, 2.45) is 5.41 Å². The zero-order valence-electron chi connectivity index (χ0n) is 12.0.